The summed E-state index contributed by atoms with van der Waals surface area (Å²) in [5.74, 6) is -0.0335. The summed E-state index contributed by atoms with van der Waals surface area (Å²) in [7, 11) is -3.07. The van der Waals surface area contributed by atoms with E-state index in [4.69, 9.17) is 0 Å². The Balaban J connectivity index is 1.87. The second-order valence-electron chi connectivity index (χ2n) is 6.66. The molecular weight excluding hydrogens is 334 g/mol. The summed E-state index contributed by atoms with van der Waals surface area (Å²) in [5, 5.41) is 0. The first-order chi connectivity index (χ1) is 11.9. The number of anilines is 1. The van der Waals surface area contributed by atoms with Crippen molar-refractivity contribution in [3.63, 3.8) is 0 Å². The molecule has 0 saturated heterocycles. The first-order valence-corrected chi connectivity index (χ1v) is 10.7. The van der Waals surface area contributed by atoms with Gasteiger partial charge in [-0.25, -0.2) is 8.42 Å². The second kappa shape index (κ2) is 7.40. The number of nitrogens with zero attached hydrogens (tertiary/aromatic N) is 1. The highest BCUT2D eigenvalue weighted by Crippen LogP contribution is 2.27. The Hall–Kier alpha value is -2.14. The SMILES string of the molecule is CS(=O)(=O)Cc1ccc(C(=O)N2CCCCCc3ccccc32)cc1. The molecule has 1 amide bonds. The van der Waals surface area contributed by atoms with Gasteiger partial charge in [0.15, 0.2) is 9.84 Å². The monoisotopic (exact) mass is 357 g/mol. The summed E-state index contributed by atoms with van der Waals surface area (Å²) >= 11 is 0. The van der Waals surface area contributed by atoms with Gasteiger partial charge in [-0.15, -0.1) is 0 Å². The number of hydrogen-bond acceptors (Lipinski definition) is 3. The minimum absolute atomic E-state index is 0.00593. The number of benzene rings is 2. The van der Waals surface area contributed by atoms with Gasteiger partial charge in [-0.1, -0.05) is 36.8 Å². The minimum atomic E-state index is -3.07. The van der Waals surface area contributed by atoms with Crippen LogP contribution in [0.5, 0.6) is 0 Å². The molecule has 0 aliphatic carbocycles. The Morgan fingerprint density at radius 3 is 2.44 bits per heavy atom. The number of para-hydroxylation sites is 1. The van der Waals surface area contributed by atoms with E-state index in [2.05, 4.69) is 6.07 Å². The maximum atomic E-state index is 13.0. The number of amides is 1. The molecule has 0 atom stereocenters. The van der Waals surface area contributed by atoms with Crippen LogP contribution in [0.25, 0.3) is 0 Å². The molecule has 132 valence electrons. The van der Waals surface area contributed by atoms with Gasteiger partial charge in [0.05, 0.1) is 5.75 Å². The summed E-state index contributed by atoms with van der Waals surface area (Å²) in [6.45, 7) is 0.709. The highest BCUT2D eigenvalue weighted by Gasteiger charge is 2.21. The number of hydrogen-bond donors (Lipinski definition) is 0. The van der Waals surface area contributed by atoms with E-state index >= 15 is 0 Å². The van der Waals surface area contributed by atoms with Crippen LogP contribution in [0.1, 0.15) is 40.7 Å². The van der Waals surface area contributed by atoms with Gasteiger partial charge in [0.1, 0.15) is 0 Å². The molecule has 1 heterocycles. The van der Waals surface area contributed by atoms with Crippen molar-refractivity contribution < 1.29 is 13.2 Å². The van der Waals surface area contributed by atoms with Gasteiger partial charge in [-0.2, -0.15) is 0 Å². The molecule has 0 bridgehead atoms. The number of carbonyl (C=O) groups is 1. The molecule has 25 heavy (non-hydrogen) atoms. The van der Waals surface area contributed by atoms with Crippen LogP contribution >= 0.6 is 0 Å². The smallest absolute Gasteiger partial charge is 0.258 e. The first kappa shape index (κ1) is 17.7. The third kappa shape index (κ3) is 4.48. The zero-order valence-electron chi connectivity index (χ0n) is 14.4. The Bertz CT molecular complexity index is 857. The predicted molar refractivity (Wildman–Crippen MR) is 101 cm³/mol. The highest BCUT2D eigenvalue weighted by molar-refractivity contribution is 7.89. The maximum absolute atomic E-state index is 13.0. The number of carbonyl (C=O) groups excluding carboxylic acids is 1. The normalized spacial score (nSPS) is 15.2. The fraction of sp³-hybridized carbons (Fsp3) is 0.350. The largest absolute Gasteiger partial charge is 0.308 e. The van der Waals surface area contributed by atoms with Crippen LogP contribution in [0, 0.1) is 0 Å². The Kier molecular flexibility index (Phi) is 5.23. The van der Waals surface area contributed by atoms with Crippen molar-refractivity contribution in [1.82, 2.24) is 0 Å². The fourth-order valence-corrected chi connectivity index (χ4v) is 4.08. The third-order valence-electron chi connectivity index (χ3n) is 4.49. The molecule has 0 saturated carbocycles. The lowest BCUT2D eigenvalue weighted by Gasteiger charge is -2.27. The molecule has 5 heteroatoms. The molecule has 1 aliphatic rings. The molecule has 0 unspecified atom stereocenters. The van der Waals surface area contributed by atoms with Crippen LogP contribution < -0.4 is 4.90 Å². The number of sulfone groups is 1. The molecule has 2 aromatic rings. The van der Waals surface area contributed by atoms with Crippen molar-refractivity contribution in [1.29, 1.82) is 0 Å². The summed E-state index contributed by atoms with van der Waals surface area (Å²) in [5.41, 5.74) is 3.50. The molecule has 0 fully saturated rings. The highest BCUT2D eigenvalue weighted by atomic mass is 32.2. The van der Waals surface area contributed by atoms with Gasteiger partial charge in [-0.05, 0) is 48.6 Å². The summed E-state index contributed by atoms with van der Waals surface area (Å²) in [6, 6.07) is 15.0. The molecule has 0 radical (unpaired) electrons. The van der Waals surface area contributed by atoms with Crippen molar-refractivity contribution in [2.45, 2.75) is 31.4 Å². The van der Waals surface area contributed by atoms with Gasteiger partial charge in [-0.3, -0.25) is 4.79 Å². The number of fused-ring (bicyclic) bond motifs is 1. The van der Waals surface area contributed by atoms with Gasteiger partial charge < -0.3 is 4.90 Å². The maximum Gasteiger partial charge on any atom is 0.258 e. The van der Waals surface area contributed by atoms with E-state index in [1.165, 1.54) is 11.8 Å². The van der Waals surface area contributed by atoms with Crippen LogP contribution in [0.2, 0.25) is 0 Å². The van der Waals surface area contributed by atoms with Gasteiger partial charge in [0, 0.05) is 24.1 Å². The van der Waals surface area contributed by atoms with E-state index in [1.807, 2.05) is 23.1 Å². The molecule has 2 aromatic carbocycles. The van der Waals surface area contributed by atoms with Gasteiger partial charge in [0.25, 0.3) is 5.91 Å². The number of aryl methyl sites for hydroxylation is 1. The summed E-state index contributed by atoms with van der Waals surface area (Å²) in [4.78, 5) is 14.9. The van der Waals surface area contributed by atoms with Crippen LogP contribution in [0.4, 0.5) is 5.69 Å². The molecule has 3 rings (SSSR count). The van der Waals surface area contributed by atoms with E-state index in [0.717, 1.165) is 31.4 Å². The standard InChI is InChI=1S/C20H23NO3S/c1-25(23,24)15-16-10-12-18(13-11-16)20(22)21-14-6-2-3-7-17-8-4-5-9-19(17)21/h4-5,8-13H,2-3,6-7,14-15H2,1H3. The molecule has 4 nitrogen and oxygen atoms in total. The van der Waals surface area contributed by atoms with Crippen LogP contribution in [-0.4, -0.2) is 27.1 Å². The van der Waals surface area contributed by atoms with Gasteiger partial charge in [0.2, 0.25) is 0 Å². The molecule has 1 aliphatic heterocycles. The van der Waals surface area contributed by atoms with Crippen molar-refractivity contribution in [3.05, 3.63) is 65.2 Å². The molecule has 0 spiro atoms. The van der Waals surface area contributed by atoms with Gasteiger partial charge >= 0.3 is 0 Å². The van der Waals surface area contributed by atoms with Crippen molar-refractivity contribution in [2.75, 3.05) is 17.7 Å². The first-order valence-electron chi connectivity index (χ1n) is 8.60. The molecule has 0 N–H and O–H groups in total. The zero-order valence-corrected chi connectivity index (χ0v) is 15.3. The van der Waals surface area contributed by atoms with Crippen LogP contribution in [0.15, 0.2) is 48.5 Å². The lowest BCUT2D eigenvalue weighted by Crippen LogP contribution is -2.33. The summed E-state index contributed by atoms with van der Waals surface area (Å²) < 4.78 is 22.8. The Morgan fingerprint density at radius 2 is 1.72 bits per heavy atom. The van der Waals surface area contributed by atoms with Crippen LogP contribution in [-0.2, 0) is 22.0 Å². The van der Waals surface area contributed by atoms with Crippen molar-refractivity contribution in [3.8, 4) is 0 Å². The topological polar surface area (TPSA) is 54.5 Å². The van der Waals surface area contributed by atoms with E-state index < -0.39 is 9.84 Å². The average Bonchev–Trinajstić information content (AvgIpc) is 2.54. The minimum Gasteiger partial charge on any atom is -0.308 e. The van der Waals surface area contributed by atoms with E-state index in [9.17, 15) is 13.2 Å². The molecule has 0 aromatic heterocycles. The van der Waals surface area contributed by atoms with E-state index in [0.29, 0.717) is 17.7 Å². The van der Waals surface area contributed by atoms with Crippen LogP contribution in [0.3, 0.4) is 0 Å². The summed E-state index contributed by atoms with van der Waals surface area (Å²) in [6.07, 6.45) is 5.47. The lowest BCUT2D eigenvalue weighted by atomic mass is 10.0. The van der Waals surface area contributed by atoms with E-state index in [-0.39, 0.29) is 11.7 Å². The number of rotatable bonds is 3. The second-order valence-corrected chi connectivity index (χ2v) is 8.80. The van der Waals surface area contributed by atoms with Crippen molar-refractivity contribution >= 4 is 21.4 Å². The lowest BCUT2D eigenvalue weighted by molar-refractivity contribution is 0.0986. The Morgan fingerprint density at radius 1 is 1.00 bits per heavy atom. The van der Waals surface area contributed by atoms with E-state index in [1.54, 1.807) is 24.3 Å². The Labute approximate surface area is 149 Å². The third-order valence-corrected chi connectivity index (χ3v) is 5.34. The predicted octanol–water partition coefficient (Wildman–Crippen LogP) is 3.60. The molecular formula is C20H23NO3S. The van der Waals surface area contributed by atoms with Crippen molar-refractivity contribution in [2.24, 2.45) is 0 Å². The fourth-order valence-electron chi connectivity index (χ4n) is 3.28. The zero-order chi connectivity index (χ0) is 17.9. The quantitative estimate of drug-likeness (QED) is 0.843. The average molecular weight is 357 g/mol.